The van der Waals surface area contributed by atoms with Crippen LogP contribution in [0.1, 0.15) is 11.5 Å². The molecule has 8 heteroatoms. The van der Waals surface area contributed by atoms with Crippen LogP contribution in [0.15, 0.2) is 33.7 Å². The molecule has 3 aromatic rings. The summed E-state index contributed by atoms with van der Waals surface area (Å²) in [5, 5.41) is 5.29. The lowest BCUT2D eigenvalue weighted by Gasteiger charge is -1.97. The maximum atomic E-state index is 5.87. The summed E-state index contributed by atoms with van der Waals surface area (Å²) in [6.07, 6.45) is 0. The summed E-state index contributed by atoms with van der Waals surface area (Å²) in [7, 11) is 0. The summed E-state index contributed by atoms with van der Waals surface area (Å²) in [6, 6.07) is 7.62. The van der Waals surface area contributed by atoms with Crippen molar-refractivity contribution in [1.29, 1.82) is 0 Å². The van der Waals surface area contributed by atoms with Gasteiger partial charge in [0, 0.05) is 9.92 Å². The molecule has 0 bridgehead atoms. The van der Waals surface area contributed by atoms with Crippen LogP contribution in [0.5, 0.6) is 0 Å². The minimum absolute atomic E-state index is 0.422. The first-order valence-corrected chi connectivity index (χ1v) is 8.20. The van der Waals surface area contributed by atoms with Gasteiger partial charge in [0.1, 0.15) is 5.00 Å². The van der Waals surface area contributed by atoms with Crippen molar-refractivity contribution in [3.8, 4) is 11.5 Å². The Morgan fingerprint density at radius 2 is 2.10 bits per heavy atom. The van der Waals surface area contributed by atoms with Crippen LogP contribution in [0.3, 0.4) is 0 Å². The number of thioether (sulfide) groups is 1. The van der Waals surface area contributed by atoms with Crippen molar-refractivity contribution in [2.75, 3.05) is 5.73 Å². The van der Waals surface area contributed by atoms with Crippen molar-refractivity contribution in [3.05, 3.63) is 40.8 Å². The highest BCUT2D eigenvalue weighted by Crippen LogP contribution is 2.31. The zero-order valence-electron chi connectivity index (χ0n) is 11.0. The fraction of sp³-hybridized carbons (Fsp3) is 0.154. The molecule has 0 saturated heterocycles. The molecule has 2 aromatic heterocycles. The Balaban J connectivity index is 1.72. The van der Waals surface area contributed by atoms with Crippen LogP contribution in [0.4, 0.5) is 5.00 Å². The molecule has 21 heavy (non-hydrogen) atoms. The molecule has 0 saturated carbocycles. The van der Waals surface area contributed by atoms with Crippen molar-refractivity contribution in [1.82, 2.24) is 14.5 Å². The average molecular weight is 339 g/mol. The standard InChI is InChI=1S/C13H11ClN4OS2/c1-7-11(12(15)21-18-7)13-16-10(17-19-13)6-20-9-4-2-8(14)3-5-9/h2-5H,6,15H2,1H3. The van der Waals surface area contributed by atoms with E-state index in [4.69, 9.17) is 21.9 Å². The number of nitrogen functional groups attached to an aromatic ring is 1. The number of nitrogens with zero attached hydrogens (tertiary/aromatic N) is 3. The lowest BCUT2D eigenvalue weighted by atomic mass is 10.2. The third kappa shape index (κ3) is 3.20. The first kappa shape index (κ1) is 14.4. The zero-order valence-corrected chi connectivity index (χ0v) is 13.4. The van der Waals surface area contributed by atoms with Gasteiger partial charge in [0.05, 0.1) is 17.0 Å². The molecular weight excluding hydrogens is 328 g/mol. The number of aryl methyl sites for hydroxylation is 1. The van der Waals surface area contributed by atoms with E-state index >= 15 is 0 Å². The molecular formula is C13H11ClN4OS2. The van der Waals surface area contributed by atoms with Crippen LogP contribution >= 0.6 is 34.9 Å². The molecule has 0 aliphatic rings. The van der Waals surface area contributed by atoms with Gasteiger partial charge in [-0.05, 0) is 42.7 Å². The lowest BCUT2D eigenvalue weighted by molar-refractivity contribution is 0.425. The summed E-state index contributed by atoms with van der Waals surface area (Å²) < 4.78 is 9.44. The molecule has 2 N–H and O–H groups in total. The molecule has 0 aliphatic carbocycles. The number of anilines is 1. The van der Waals surface area contributed by atoms with E-state index in [0.29, 0.717) is 22.5 Å². The molecule has 0 aliphatic heterocycles. The smallest absolute Gasteiger partial charge is 0.262 e. The number of benzene rings is 1. The highest BCUT2D eigenvalue weighted by molar-refractivity contribution is 7.98. The van der Waals surface area contributed by atoms with Crippen LogP contribution in [-0.2, 0) is 5.75 Å². The van der Waals surface area contributed by atoms with E-state index in [-0.39, 0.29) is 0 Å². The Morgan fingerprint density at radius 3 is 2.76 bits per heavy atom. The normalized spacial score (nSPS) is 11.0. The average Bonchev–Trinajstić information content (AvgIpc) is 3.05. The minimum Gasteiger partial charge on any atom is -0.389 e. The first-order valence-electron chi connectivity index (χ1n) is 6.06. The second kappa shape index (κ2) is 6.05. The lowest BCUT2D eigenvalue weighted by Crippen LogP contribution is -1.87. The summed E-state index contributed by atoms with van der Waals surface area (Å²) >= 11 is 8.70. The molecule has 0 amide bonds. The van der Waals surface area contributed by atoms with Gasteiger partial charge in [-0.2, -0.15) is 9.36 Å². The van der Waals surface area contributed by atoms with Gasteiger partial charge in [-0.1, -0.05) is 16.8 Å². The summed E-state index contributed by atoms with van der Waals surface area (Å²) in [6.45, 7) is 1.87. The van der Waals surface area contributed by atoms with Gasteiger partial charge in [-0.15, -0.1) is 11.8 Å². The van der Waals surface area contributed by atoms with Gasteiger partial charge in [0.2, 0.25) is 0 Å². The number of hydrogen-bond donors (Lipinski definition) is 1. The second-order valence-corrected chi connectivity index (χ2v) is 6.56. The number of rotatable bonds is 4. The van der Waals surface area contributed by atoms with E-state index in [2.05, 4.69) is 14.5 Å². The van der Waals surface area contributed by atoms with Gasteiger partial charge in [-0.25, -0.2) is 0 Å². The monoisotopic (exact) mass is 338 g/mol. The number of halogens is 1. The molecule has 108 valence electrons. The highest BCUT2D eigenvalue weighted by Gasteiger charge is 2.17. The molecule has 5 nitrogen and oxygen atoms in total. The molecule has 2 heterocycles. The van der Waals surface area contributed by atoms with Gasteiger partial charge in [0.25, 0.3) is 5.89 Å². The van der Waals surface area contributed by atoms with E-state index in [9.17, 15) is 0 Å². The summed E-state index contributed by atoms with van der Waals surface area (Å²) in [4.78, 5) is 5.46. The molecule has 0 radical (unpaired) electrons. The Labute approximate surface area is 134 Å². The quantitative estimate of drug-likeness (QED) is 0.723. The maximum absolute atomic E-state index is 5.87. The van der Waals surface area contributed by atoms with Crippen LogP contribution in [0.25, 0.3) is 11.5 Å². The molecule has 0 atom stereocenters. The van der Waals surface area contributed by atoms with Gasteiger partial charge in [0.15, 0.2) is 5.82 Å². The van der Waals surface area contributed by atoms with Gasteiger partial charge >= 0.3 is 0 Å². The SMILES string of the molecule is Cc1nsc(N)c1-c1nc(CSc2ccc(Cl)cc2)no1. The third-order valence-corrected chi connectivity index (χ3v) is 4.78. The van der Waals surface area contributed by atoms with Crippen LogP contribution < -0.4 is 5.73 Å². The van der Waals surface area contributed by atoms with Crippen molar-refractivity contribution in [2.45, 2.75) is 17.6 Å². The fourth-order valence-electron chi connectivity index (χ4n) is 1.74. The Hall–Kier alpha value is -1.57. The molecule has 0 fully saturated rings. The van der Waals surface area contributed by atoms with Crippen LogP contribution in [-0.4, -0.2) is 14.5 Å². The van der Waals surface area contributed by atoms with Crippen LogP contribution in [0, 0.1) is 6.92 Å². The van der Waals surface area contributed by atoms with Crippen molar-refractivity contribution in [2.24, 2.45) is 0 Å². The predicted octanol–water partition coefficient (Wildman–Crippen LogP) is 4.03. The van der Waals surface area contributed by atoms with Gasteiger partial charge < -0.3 is 10.3 Å². The topological polar surface area (TPSA) is 77.8 Å². The van der Waals surface area contributed by atoms with Crippen molar-refractivity contribution < 1.29 is 4.52 Å². The van der Waals surface area contributed by atoms with E-state index in [0.717, 1.165) is 21.2 Å². The van der Waals surface area contributed by atoms with E-state index in [1.165, 1.54) is 11.5 Å². The van der Waals surface area contributed by atoms with Crippen molar-refractivity contribution >= 4 is 39.9 Å². The van der Waals surface area contributed by atoms with E-state index in [1.807, 2.05) is 31.2 Å². The Kier molecular flexibility index (Phi) is 4.14. The highest BCUT2D eigenvalue weighted by atomic mass is 35.5. The van der Waals surface area contributed by atoms with Gasteiger partial charge in [-0.3, -0.25) is 0 Å². The van der Waals surface area contributed by atoms with E-state index in [1.54, 1.807) is 11.8 Å². The maximum Gasteiger partial charge on any atom is 0.262 e. The largest absolute Gasteiger partial charge is 0.389 e. The summed E-state index contributed by atoms with van der Waals surface area (Å²) in [5.41, 5.74) is 7.41. The Bertz CT molecular complexity index is 734. The number of hydrogen-bond acceptors (Lipinski definition) is 7. The van der Waals surface area contributed by atoms with Crippen molar-refractivity contribution in [3.63, 3.8) is 0 Å². The minimum atomic E-state index is 0.422. The Morgan fingerprint density at radius 1 is 1.33 bits per heavy atom. The first-order chi connectivity index (χ1) is 10.1. The summed E-state index contributed by atoms with van der Waals surface area (Å²) in [5.74, 6) is 1.65. The van der Waals surface area contributed by atoms with E-state index < -0.39 is 0 Å². The molecule has 3 rings (SSSR count). The third-order valence-electron chi connectivity index (χ3n) is 2.75. The molecule has 0 spiro atoms. The molecule has 0 unspecified atom stereocenters. The van der Waals surface area contributed by atoms with Crippen LogP contribution in [0.2, 0.25) is 5.02 Å². The zero-order chi connectivity index (χ0) is 14.8. The number of aromatic nitrogens is 3. The number of nitrogens with two attached hydrogens (primary N) is 1. The second-order valence-electron chi connectivity index (χ2n) is 4.27. The fourth-order valence-corrected chi connectivity index (χ4v) is 3.26. The predicted molar refractivity (Wildman–Crippen MR) is 85.6 cm³/mol. The molecule has 1 aromatic carbocycles.